The van der Waals surface area contributed by atoms with Gasteiger partial charge in [0, 0.05) is 12.1 Å². The van der Waals surface area contributed by atoms with Crippen molar-refractivity contribution in [3.05, 3.63) is 18.2 Å². The first kappa shape index (κ1) is 10.8. The van der Waals surface area contributed by atoms with Crippen molar-refractivity contribution < 1.29 is 4.39 Å². The Balaban J connectivity index is 2.47. The first-order valence-electron chi connectivity index (χ1n) is 4.57. The summed E-state index contributed by atoms with van der Waals surface area (Å²) in [5.74, 6) is -0.00468. The zero-order valence-electron chi connectivity index (χ0n) is 8.37. The second-order valence-corrected chi connectivity index (χ2v) is 3.48. The van der Waals surface area contributed by atoms with Crippen LogP contribution in [0.5, 0.6) is 0 Å². The normalized spacial score (nSPS) is 14.9. The van der Waals surface area contributed by atoms with Gasteiger partial charge < -0.3 is 11.1 Å². The minimum Gasteiger partial charge on any atom is -0.352 e. The topological polar surface area (TPSA) is 63.8 Å². The largest absolute Gasteiger partial charge is 0.352 e. The van der Waals surface area contributed by atoms with Crippen LogP contribution in [0, 0.1) is 5.82 Å². The van der Waals surface area contributed by atoms with Crippen molar-refractivity contribution in [3.8, 4) is 0 Å². The van der Waals surface area contributed by atoms with Crippen LogP contribution in [-0.4, -0.2) is 22.1 Å². The van der Waals surface area contributed by atoms with E-state index < -0.39 is 5.82 Å². The summed E-state index contributed by atoms with van der Waals surface area (Å²) in [6.45, 7) is 3.92. The number of aromatic nitrogens is 2. The van der Waals surface area contributed by atoms with Crippen molar-refractivity contribution in [3.63, 3.8) is 0 Å². The number of nitrogens with one attached hydrogen (secondary N) is 1. The molecule has 2 atom stereocenters. The highest BCUT2D eigenvalue weighted by atomic mass is 19.1. The second kappa shape index (κ2) is 4.85. The number of hydrogen-bond acceptors (Lipinski definition) is 4. The van der Waals surface area contributed by atoms with Gasteiger partial charge in [0.05, 0.1) is 12.4 Å². The number of nitrogens with zero attached hydrogens (tertiary/aromatic N) is 2. The maximum atomic E-state index is 12.5. The minimum atomic E-state index is -0.435. The molecule has 1 heterocycles. The van der Waals surface area contributed by atoms with E-state index in [-0.39, 0.29) is 12.1 Å². The maximum Gasteiger partial charge on any atom is 0.222 e. The molecule has 0 saturated heterocycles. The summed E-state index contributed by atoms with van der Waals surface area (Å²) in [5.41, 5.74) is 5.63. The molecule has 0 bridgehead atoms. The predicted octanol–water partition coefficient (Wildman–Crippen LogP) is 1.15. The van der Waals surface area contributed by atoms with Crippen molar-refractivity contribution in [2.24, 2.45) is 5.73 Å². The van der Waals surface area contributed by atoms with E-state index in [1.165, 1.54) is 0 Å². The van der Waals surface area contributed by atoms with Gasteiger partial charge in [-0.25, -0.2) is 14.4 Å². The quantitative estimate of drug-likeness (QED) is 0.761. The number of halogens is 1. The van der Waals surface area contributed by atoms with Crippen LogP contribution in [0.3, 0.4) is 0 Å². The Morgan fingerprint density at radius 3 is 2.50 bits per heavy atom. The Morgan fingerprint density at radius 1 is 1.43 bits per heavy atom. The Hall–Kier alpha value is -1.23. The predicted molar refractivity (Wildman–Crippen MR) is 53.3 cm³/mol. The van der Waals surface area contributed by atoms with Gasteiger partial charge in [-0.3, -0.25) is 0 Å². The Morgan fingerprint density at radius 2 is 2.00 bits per heavy atom. The molecule has 78 valence electrons. The molecule has 0 spiro atoms. The van der Waals surface area contributed by atoms with Crippen LogP contribution in [0.15, 0.2) is 12.4 Å². The highest BCUT2D eigenvalue weighted by Gasteiger charge is 2.06. The first-order chi connectivity index (χ1) is 6.58. The lowest BCUT2D eigenvalue weighted by atomic mass is 10.1. The molecular weight excluding hydrogens is 183 g/mol. The average Bonchev–Trinajstić information content (AvgIpc) is 2.07. The van der Waals surface area contributed by atoms with Gasteiger partial charge >= 0.3 is 0 Å². The van der Waals surface area contributed by atoms with Gasteiger partial charge in [-0.15, -0.1) is 0 Å². The molecule has 5 heteroatoms. The first-order valence-corrected chi connectivity index (χ1v) is 4.57. The molecule has 0 fully saturated rings. The summed E-state index contributed by atoms with van der Waals surface area (Å²) >= 11 is 0. The molecule has 2 unspecified atom stereocenters. The van der Waals surface area contributed by atoms with E-state index in [4.69, 9.17) is 5.73 Å². The fourth-order valence-corrected chi connectivity index (χ4v) is 1.22. The van der Waals surface area contributed by atoms with Crippen LogP contribution in [0.25, 0.3) is 0 Å². The van der Waals surface area contributed by atoms with Crippen molar-refractivity contribution in [1.29, 1.82) is 0 Å². The lowest BCUT2D eigenvalue weighted by Crippen LogP contribution is -2.26. The smallest absolute Gasteiger partial charge is 0.222 e. The third-order valence-electron chi connectivity index (χ3n) is 1.72. The van der Waals surface area contributed by atoms with Gasteiger partial charge in [0.2, 0.25) is 5.95 Å². The summed E-state index contributed by atoms with van der Waals surface area (Å²) in [6, 6.07) is 0.304. The van der Waals surface area contributed by atoms with Crippen LogP contribution in [0.4, 0.5) is 10.3 Å². The van der Waals surface area contributed by atoms with Gasteiger partial charge in [-0.05, 0) is 20.3 Å². The molecule has 1 aromatic rings. The van der Waals surface area contributed by atoms with E-state index in [0.29, 0.717) is 5.95 Å². The summed E-state index contributed by atoms with van der Waals surface area (Å²) in [5, 5.41) is 3.03. The molecule has 0 aliphatic rings. The second-order valence-electron chi connectivity index (χ2n) is 3.48. The van der Waals surface area contributed by atoms with Crippen LogP contribution in [-0.2, 0) is 0 Å². The lowest BCUT2D eigenvalue weighted by Gasteiger charge is -2.15. The minimum absolute atomic E-state index is 0.123. The molecule has 3 N–H and O–H groups in total. The fourth-order valence-electron chi connectivity index (χ4n) is 1.22. The lowest BCUT2D eigenvalue weighted by molar-refractivity contribution is 0.595. The Labute approximate surface area is 82.8 Å². The number of nitrogens with two attached hydrogens (primary N) is 1. The molecule has 1 aromatic heterocycles. The molecule has 0 saturated carbocycles. The van der Waals surface area contributed by atoms with Crippen LogP contribution in [0.1, 0.15) is 20.3 Å². The Bertz CT molecular complexity index is 273. The van der Waals surface area contributed by atoms with E-state index in [9.17, 15) is 4.39 Å². The summed E-state index contributed by atoms with van der Waals surface area (Å²) in [4.78, 5) is 7.57. The molecular formula is C9H15FN4. The van der Waals surface area contributed by atoms with Crippen LogP contribution in [0.2, 0.25) is 0 Å². The number of hydrogen-bond donors (Lipinski definition) is 2. The Kier molecular flexibility index (Phi) is 3.76. The SMILES string of the molecule is CC(N)CC(C)Nc1ncc(F)cn1. The summed E-state index contributed by atoms with van der Waals surface area (Å²) in [6.07, 6.45) is 3.09. The molecule has 0 aliphatic carbocycles. The molecule has 4 nitrogen and oxygen atoms in total. The number of rotatable bonds is 4. The van der Waals surface area contributed by atoms with Crippen molar-refractivity contribution in [1.82, 2.24) is 9.97 Å². The molecule has 0 amide bonds. The maximum absolute atomic E-state index is 12.5. The summed E-state index contributed by atoms with van der Waals surface area (Å²) < 4.78 is 12.5. The van der Waals surface area contributed by atoms with E-state index in [2.05, 4.69) is 15.3 Å². The standard InChI is InChI=1S/C9H15FN4/c1-6(11)3-7(2)14-9-12-4-8(10)5-13-9/h4-7H,3,11H2,1-2H3,(H,12,13,14). The highest BCUT2D eigenvalue weighted by Crippen LogP contribution is 2.04. The van der Waals surface area contributed by atoms with Gasteiger partial charge in [0.1, 0.15) is 0 Å². The number of anilines is 1. The molecule has 0 aromatic carbocycles. The van der Waals surface area contributed by atoms with Crippen molar-refractivity contribution >= 4 is 5.95 Å². The highest BCUT2D eigenvalue weighted by molar-refractivity contribution is 5.23. The van der Waals surface area contributed by atoms with Gasteiger partial charge in [0.15, 0.2) is 5.82 Å². The van der Waals surface area contributed by atoms with E-state index in [0.717, 1.165) is 18.8 Å². The van der Waals surface area contributed by atoms with Gasteiger partial charge in [-0.2, -0.15) is 0 Å². The van der Waals surface area contributed by atoms with Crippen LogP contribution >= 0.6 is 0 Å². The van der Waals surface area contributed by atoms with E-state index in [1.54, 1.807) is 0 Å². The fraction of sp³-hybridized carbons (Fsp3) is 0.556. The molecule has 0 aliphatic heterocycles. The van der Waals surface area contributed by atoms with Crippen molar-refractivity contribution in [2.45, 2.75) is 32.4 Å². The molecule has 1 rings (SSSR count). The van der Waals surface area contributed by atoms with Crippen molar-refractivity contribution in [2.75, 3.05) is 5.32 Å². The molecule has 0 radical (unpaired) electrons. The van der Waals surface area contributed by atoms with E-state index in [1.807, 2.05) is 13.8 Å². The summed E-state index contributed by atoms with van der Waals surface area (Å²) in [7, 11) is 0. The molecule has 14 heavy (non-hydrogen) atoms. The zero-order chi connectivity index (χ0) is 10.6. The zero-order valence-corrected chi connectivity index (χ0v) is 8.37. The monoisotopic (exact) mass is 198 g/mol. The van der Waals surface area contributed by atoms with Gasteiger partial charge in [0.25, 0.3) is 0 Å². The average molecular weight is 198 g/mol. The van der Waals surface area contributed by atoms with E-state index >= 15 is 0 Å². The van der Waals surface area contributed by atoms with Gasteiger partial charge in [-0.1, -0.05) is 0 Å². The third-order valence-corrected chi connectivity index (χ3v) is 1.72. The third kappa shape index (κ3) is 3.66. The van der Waals surface area contributed by atoms with Crippen LogP contribution < -0.4 is 11.1 Å².